The minimum Gasteiger partial charge on any atom is -0.341 e. The standard InChI is InChI=1S/C10H8N2.2C4H6N2.Pt/c1-3-7-11-9(5-1)10-6-2-4-8-12-10;2*1-6-3-2-5-4-6;/h1-8H;2*2-4H,1H3;. The van der Waals surface area contributed by atoms with E-state index in [1.165, 1.54) is 0 Å². The Morgan fingerprint density at radius 2 is 1.08 bits per heavy atom. The minimum atomic E-state index is 0. The summed E-state index contributed by atoms with van der Waals surface area (Å²) in [5, 5.41) is 0. The van der Waals surface area contributed by atoms with Crippen LogP contribution in [0.15, 0.2) is 86.2 Å². The van der Waals surface area contributed by atoms with E-state index in [-0.39, 0.29) is 21.1 Å². The average molecular weight is 515 g/mol. The molecule has 0 fully saturated rings. The Labute approximate surface area is 161 Å². The van der Waals surface area contributed by atoms with Crippen LogP contribution in [0.5, 0.6) is 0 Å². The average Bonchev–Trinajstić information content (AvgIpc) is 3.31. The normalized spacial score (nSPS) is 8.88. The Hall–Kier alpha value is -2.59. The third-order valence-corrected chi connectivity index (χ3v) is 2.87. The zero-order valence-corrected chi connectivity index (χ0v) is 16.4. The number of pyridine rings is 2. The monoisotopic (exact) mass is 515 g/mol. The number of imidazole rings is 2. The van der Waals surface area contributed by atoms with Crippen LogP contribution in [-0.2, 0) is 35.2 Å². The molecule has 0 spiro atoms. The summed E-state index contributed by atoms with van der Waals surface area (Å²) in [5.74, 6) is 0. The predicted octanol–water partition coefficient (Wildman–Crippen LogP) is 2.98. The van der Waals surface area contributed by atoms with Crippen molar-refractivity contribution in [3.05, 3.63) is 86.2 Å². The second kappa shape index (κ2) is 11.9. The summed E-state index contributed by atoms with van der Waals surface area (Å²) in [5.41, 5.74) is 1.83. The van der Waals surface area contributed by atoms with Gasteiger partial charge in [-0.15, -0.1) is 0 Å². The largest absolute Gasteiger partial charge is 0.341 e. The molecular formula is C18H20N6Pt. The van der Waals surface area contributed by atoms with Gasteiger partial charge in [0.25, 0.3) is 0 Å². The van der Waals surface area contributed by atoms with Crippen molar-refractivity contribution in [2.75, 3.05) is 0 Å². The van der Waals surface area contributed by atoms with E-state index < -0.39 is 0 Å². The van der Waals surface area contributed by atoms with E-state index >= 15 is 0 Å². The van der Waals surface area contributed by atoms with Gasteiger partial charge in [-0.3, -0.25) is 9.97 Å². The fraction of sp³-hybridized carbons (Fsp3) is 0.111. The maximum Gasteiger partial charge on any atom is 0.0943 e. The van der Waals surface area contributed by atoms with Gasteiger partial charge in [-0.1, -0.05) is 12.1 Å². The van der Waals surface area contributed by atoms with Gasteiger partial charge in [0.05, 0.1) is 24.0 Å². The molecule has 4 heterocycles. The van der Waals surface area contributed by atoms with Crippen LogP contribution in [0.2, 0.25) is 0 Å². The van der Waals surface area contributed by atoms with Gasteiger partial charge in [0.15, 0.2) is 0 Å². The fourth-order valence-corrected chi connectivity index (χ4v) is 1.68. The first-order valence-corrected chi connectivity index (χ1v) is 7.42. The van der Waals surface area contributed by atoms with Crippen molar-refractivity contribution in [3.63, 3.8) is 0 Å². The zero-order valence-electron chi connectivity index (χ0n) is 14.1. The summed E-state index contributed by atoms with van der Waals surface area (Å²) in [7, 11) is 3.88. The van der Waals surface area contributed by atoms with E-state index in [0.29, 0.717) is 0 Å². The molecule has 7 heteroatoms. The third kappa shape index (κ3) is 8.17. The molecule has 0 aromatic carbocycles. The van der Waals surface area contributed by atoms with Gasteiger partial charge in [-0.2, -0.15) is 0 Å². The van der Waals surface area contributed by atoms with E-state index in [2.05, 4.69) is 19.9 Å². The van der Waals surface area contributed by atoms with Crippen molar-refractivity contribution in [1.29, 1.82) is 0 Å². The van der Waals surface area contributed by atoms with Crippen molar-refractivity contribution < 1.29 is 21.1 Å². The second-order valence-electron chi connectivity index (χ2n) is 4.89. The molecule has 0 aliphatic carbocycles. The van der Waals surface area contributed by atoms with Crippen LogP contribution in [0.4, 0.5) is 0 Å². The molecule has 0 radical (unpaired) electrons. The Morgan fingerprint density at radius 3 is 1.28 bits per heavy atom. The van der Waals surface area contributed by atoms with Crippen molar-refractivity contribution >= 4 is 0 Å². The Balaban J connectivity index is 0.000000204. The molecule has 4 aromatic rings. The molecule has 0 atom stereocenters. The van der Waals surface area contributed by atoms with E-state index in [0.717, 1.165) is 11.4 Å². The first-order valence-electron chi connectivity index (χ1n) is 7.42. The third-order valence-electron chi connectivity index (χ3n) is 2.87. The van der Waals surface area contributed by atoms with Crippen molar-refractivity contribution in [1.82, 2.24) is 29.1 Å². The van der Waals surface area contributed by atoms with Crippen LogP contribution in [-0.4, -0.2) is 29.1 Å². The Bertz CT molecular complexity index is 701. The van der Waals surface area contributed by atoms with Crippen LogP contribution >= 0.6 is 0 Å². The van der Waals surface area contributed by atoms with Crippen LogP contribution in [0, 0.1) is 0 Å². The summed E-state index contributed by atoms with van der Waals surface area (Å²) in [6.45, 7) is 0. The summed E-state index contributed by atoms with van der Waals surface area (Å²) in [6.07, 6.45) is 14.3. The van der Waals surface area contributed by atoms with Crippen LogP contribution in [0.1, 0.15) is 0 Å². The van der Waals surface area contributed by atoms with Gasteiger partial charge in [-0.05, 0) is 24.3 Å². The molecule has 132 valence electrons. The number of hydrogen-bond acceptors (Lipinski definition) is 4. The topological polar surface area (TPSA) is 61.4 Å². The minimum absolute atomic E-state index is 0. The molecule has 0 aliphatic rings. The summed E-state index contributed by atoms with van der Waals surface area (Å²) in [6, 6.07) is 11.6. The Kier molecular flexibility index (Phi) is 9.71. The van der Waals surface area contributed by atoms with Gasteiger partial charge < -0.3 is 9.13 Å². The molecule has 0 aliphatic heterocycles. The van der Waals surface area contributed by atoms with Crippen LogP contribution in [0.25, 0.3) is 11.4 Å². The predicted molar refractivity (Wildman–Crippen MR) is 93.9 cm³/mol. The molecule has 0 saturated heterocycles. The second-order valence-corrected chi connectivity index (χ2v) is 4.89. The molecule has 4 aromatic heterocycles. The first-order chi connectivity index (χ1) is 11.8. The molecule has 0 N–H and O–H groups in total. The van der Waals surface area contributed by atoms with Gasteiger partial charge in [0.1, 0.15) is 0 Å². The van der Waals surface area contributed by atoms with E-state index in [1.807, 2.05) is 72.0 Å². The molecule has 0 saturated carbocycles. The summed E-state index contributed by atoms with van der Waals surface area (Å²) >= 11 is 0. The SMILES string of the molecule is Cn1ccnc1.Cn1ccnc1.[Pt].c1ccc(-c2ccccn2)nc1. The number of hydrogen-bond donors (Lipinski definition) is 0. The van der Waals surface area contributed by atoms with Gasteiger partial charge in [0, 0.05) is 72.3 Å². The number of aryl methyl sites for hydroxylation is 2. The maximum atomic E-state index is 4.19. The summed E-state index contributed by atoms with van der Waals surface area (Å²) < 4.78 is 3.78. The molecule has 0 bridgehead atoms. The quantitative estimate of drug-likeness (QED) is 0.391. The summed E-state index contributed by atoms with van der Waals surface area (Å²) in [4.78, 5) is 15.9. The smallest absolute Gasteiger partial charge is 0.0943 e. The van der Waals surface area contributed by atoms with Gasteiger partial charge >= 0.3 is 0 Å². The van der Waals surface area contributed by atoms with Gasteiger partial charge in [0.2, 0.25) is 0 Å². The number of nitrogens with zero attached hydrogens (tertiary/aromatic N) is 6. The zero-order chi connectivity index (χ0) is 17.0. The molecule has 4 rings (SSSR count). The van der Waals surface area contributed by atoms with Crippen LogP contribution in [0.3, 0.4) is 0 Å². The molecule has 0 unspecified atom stereocenters. The van der Waals surface area contributed by atoms with Gasteiger partial charge in [-0.25, -0.2) is 9.97 Å². The number of aromatic nitrogens is 6. The Morgan fingerprint density at radius 1 is 0.640 bits per heavy atom. The molecular weight excluding hydrogens is 495 g/mol. The van der Waals surface area contributed by atoms with E-state index in [9.17, 15) is 0 Å². The fourth-order valence-electron chi connectivity index (χ4n) is 1.68. The van der Waals surface area contributed by atoms with E-state index in [4.69, 9.17) is 0 Å². The van der Waals surface area contributed by atoms with Crippen LogP contribution < -0.4 is 0 Å². The van der Waals surface area contributed by atoms with Crippen molar-refractivity contribution in [3.8, 4) is 11.4 Å². The van der Waals surface area contributed by atoms with Crippen molar-refractivity contribution in [2.45, 2.75) is 0 Å². The molecule has 0 amide bonds. The number of rotatable bonds is 1. The van der Waals surface area contributed by atoms with E-state index in [1.54, 1.807) is 37.4 Å². The maximum absolute atomic E-state index is 4.19. The van der Waals surface area contributed by atoms with Crippen molar-refractivity contribution in [2.24, 2.45) is 14.1 Å². The first kappa shape index (κ1) is 20.5. The molecule has 6 nitrogen and oxygen atoms in total. The molecule has 25 heavy (non-hydrogen) atoms.